The van der Waals surface area contributed by atoms with Crippen molar-refractivity contribution in [3.05, 3.63) is 63.1 Å². The van der Waals surface area contributed by atoms with E-state index in [1.807, 2.05) is 4.90 Å². The molecule has 2 fully saturated rings. The number of hydrogen-bond donors (Lipinski definition) is 2. The van der Waals surface area contributed by atoms with Crippen molar-refractivity contribution in [2.75, 3.05) is 0 Å². The van der Waals surface area contributed by atoms with Crippen LogP contribution in [0.2, 0.25) is 0 Å². The smallest absolute Gasteiger partial charge is 0.275 e. The molecule has 2 aromatic rings. The van der Waals surface area contributed by atoms with Crippen LogP contribution in [0.25, 0.3) is 0 Å². The normalized spacial score (nSPS) is 26.0. The Labute approximate surface area is 182 Å². The lowest BCUT2D eigenvalue weighted by Gasteiger charge is -2.44. The second kappa shape index (κ2) is 7.43. The number of nitrogens with zero attached hydrogens (tertiary/aromatic N) is 2. The summed E-state index contributed by atoms with van der Waals surface area (Å²) in [4.78, 5) is 40.4. The van der Waals surface area contributed by atoms with E-state index in [0.29, 0.717) is 24.4 Å². The third-order valence-corrected chi connectivity index (χ3v) is 7.18. The Bertz CT molecular complexity index is 1190. The van der Waals surface area contributed by atoms with Gasteiger partial charge in [0, 0.05) is 37.0 Å². The highest BCUT2D eigenvalue weighted by atomic mass is 19.1. The fourth-order valence-electron chi connectivity index (χ4n) is 5.58. The molecule has 1 aromatic carbocycles. The second-order valence-electron chi connectivity index (χ2n) is 9.10. The minimum absolute atomic E-state index is 0.0465. The zero-order valence-electron chi connectivity index (χ0n) is 17.5. The number of rotatable bonds is 3. The standard InChI is InChI=1S/C23H23F2N3O4/c1-11-4-15-5-13(11)6-16-9-27-10-17(20(29)21(30)19(27)23(32)28(15)16)22(31)26-8-12-2-3-14(24)7-18(12)25/h2-3,7,10-11,13,15-16,30H,4-6,8-9H2,1H3,(H,26,31)/t11?,13-,15+,16-/m1/s1. The Kier molecular flexibility index (Phi) is 4.79. The highest BCUT2D eigenvalue weighted by Gasteiger charge is 2.49. The Morgan fingerprint density at radius 3 is 2.69 bits per heavy atom. The maximum atomic E-state index is 13.8. The number of pyridine rings is 1. The zero-order valence-corrected chi connectivity index (χ0v) is 17.5. The third-order valence-electron chi connectivity index (χ3n) is 7.18. The average molecular weight is 443 g/mol. The van der Waals surface area contributed by atoms with Gasteiger partial charge in [0.15, 0.2) is 11.4 Å². The van der Waals surface area contributed by atoms with Gasteiger partial charge in [0.05, 0.1) is 6.04 Å². The second-order valence-corrected chi connectivity index (χ2v) is 9.10. The quantitative estimate of drug-likeness (QED) is 0.762. The van der Waals surface area contributed by atoms with Crippen LogP contribution >= 0.6 is 0 Å². The van der Waals surface area contributed by atoms with Gasteiger partial charge in [-0.3, -0.25) is 14.4 Å². The van der Waals surface area contributed by atoms with Crippen molar-refractivity contribution in [2.24, 2.45) is 11.8 Å². The lowest BCUT2D eigenvalue weighted by atomic mass is 9.87. The van der Waals surface area contributed by atoms with Gasteiger partial charge in [-0.2, -0.15) is 0 Å². The van der Waals surface area contributed by atoms with Gasteiger partial charge in [-0.25, -0.2) is 8.78 Å². The van der Waals surface area contributed by atoms with Gasteiger partial charge in [0.2, 0.25) is 5.43 Å². The summed E-state index contributed by atoms with van der Waals surface area (Å²) in [7, 11) is 0. The van der Waals surface area contributed by atoms with E-state index in [0.717, 1.165) is 25.3 Å². The molecular formula is C23H23F2N3O4. The molecule has 2 amide bonds. The van der Waals surface area contributed by atoms with Gasteiger partial charge in [-0.15, -0.1) is 0 Å². The van der Waals surface area contributed by atoms with E-state index >= 15 is 0 Å². The maximum absolute atomic E-state index is 13.8. The van der Waals surface area contributed by atoms with E-state index in [-0.39, 0.29) is 41.4 Å². The number of aromatic hydroxyl groups is 1. The molecule has 1 saturated heterocycles. The number of hydrogen-bond acceptors (Lipinski definition) is 4. The van der Waals surface area contributed by atoms with Crippen LogP contribution in [-0.2, 0) is 13.1 Å². The molecule has 0 radical (unpaired) electrons. The number of aromatic nitrogens is 1. The largest absolute Gasteiger partial charge is 0.503 e. The molecule has 0 spiro atoms. The number of amides is 2. The average Bonchev–Trinajstić information content (AvgIpc) is 3.03. The van der Waals surface area contributed by atoms with Crippen molar-refractivity contribution in [2.45, 2.75) is 51.4 Å². The van der Waals surface area contributed by atoms with E-state index in [4.69, 9.17) is 0 Å². The van der Waals surface area contributed by atoms with Gasteiger partial charge in [-0.1, -0.05) is 13.0 Å². The summed E-state index contributed by atoms with van der Waals surface area (Å²) in [5.41, 5.74) is -1.32. The summed E-state index contributed by atoms with van der Waals surface area (Å²) >= 11 is 0. The molecule has 2 aliphatic heterocycles. The Hall–Kier alpha value is -3.23. The number of carbonyl (C=O) groups excluding carboxylic acids is 2. The van der Waals surface area contributed by atoms with Crippen LogP contribution in [0.3, 0.4) is 0 Å². The molecule has 1 aliphatic carbocycles. The molecule has 3 heterocycles. The van der Waals surface area contributed by atoms with Crippen LogP contribution in [0.4, 0.5) is 8.78 Å². The van der Waals surface area contributed by atoms with Crippen molar-refractivity contribution in [3.63, 3.8) is 0 Å². The molecule has 1 aromatic heterocycles. The highest BCUT2D eigenvalue weighted by molar-refractivity contribution is 5.99. The molecule has 2 N–H and O–H groups in total. The van der Waals surface area contributed by atoms with E-state index in [1.54, 1.807) is 0 Å². The minimum atomic E-state index is -0.949. The lowest BCUT2D eigenvalue weighted by Crippen LogP contribution is -2.55. The van der Waals surface area contributed by atoms with Gasteiger partial charge in [0.25, 0.3) is 11.8 Å². The Balaban J connectivity index is 1.43. The van der Waals surface area contributed by atoms with E-state index in [1.165, 1.54) is 16.8 Å². The number of carbonyl (C=O) groups is 2. The SMILES string of the molecule is CC1C[C@H]2C[C@@H]1C[C@@H]1Cn3cc(C(=O)NCc4ccc(F)cc4F)c(=O)c(O)c3C(=O)N12. The van der Waals surface area contributed by atoms with Crippen molar-refractivity contribution in [1.82, 2.24) is 14.8 Å². The van der Waals surface area contributed by atoms with Crippen molar-refractivity contribution in [3.8, 4) is 5.75 Å². The first-order valence-electron chi connectivity index (χ1n) is 10.8. The van der Waals surface area contributed by atoms with E-state index in [9.17, 15) is 28.3 Å². The first-order chi connectivity index (χ1) is 15.2. The number of nitrogens with one attached hydrogen (secondary N) is 1. The van der Waals surface area contributed by atoms with Gasteiger partial charge >= 0.3 is 0 Å². The lowest BCUT2D eigenvalue weighted by molar-refractivity contribution is 0.0336. The summed E-state index contributed by atoms with van der Waals surface area (Å²) in [6.07, 6.45) is 4.00. The number of fused-ring (bicyclic) bond motifs is 5. The van der Waals surface area contributed by atoms with Gasteiger partial charge < -0.3 is 19.9 Å². The molecule has 1 saturated carbocycles. The topological polar surface area (TPSA) is 91.6 Å². The zero-order chi connectivity index (χ0) is 22.7. The maximum Gasteiger partial charge on any atom is 0.275 e. The molecule has 3 aliphatic rings. The van der Waals surface area contributed by atoms with Crippen LogP contribution < -0.4 is 10.7 Å². The minimum Gasteiger partial charge on any atom is -0.503 e. The first kappa shape index (κ1) is 20.7. The van der Waals surface area contributed by atoms with Crippen molar-refractivity contribution >= 4 is 11.8 Å². The predicted octanol–water partition coefficient (Wildman–Crippen LogP) is 2.40. The first-order valence-corrected chi connectivity index (χ1v) is 10.8. The van der Waals surface area contributed by atoms with Crippen LogP contribution in [0, 0.1) is 23.5 Å². The summed E-state index contributed by atoms with van der Waals surface area (Å²) in [5, 5.41) is 13.0. The van der Waals surface area contributed by atoms with Crippen molar-refractivity contribution < 1.29 is 23.5 Å². The van der Waals surface area contributed by atoms with Crippen LogP contribution in [0.15, 0.2) is 29.2 Å². The third kappa shape index (κ3) is 3.18. The molecular weight excluding hydrogens is 420 g/mol. The summed E-state index contributed by atoms with van der Waals surface area (Å²) < 4.78 is 28.4. The van der Waals surface area contributed by atoms with E-state index in [2.05, 4.69) is 12.2 Å². The molecule has 7 nitrogen and oxygen atoms in total. The fraction of sp³-hybridized carbons (Fsp3) is 0.435. The monoisotopic (exact) mass is 443 g/mol. The Morgan fingerprint density at radius 1 is 1.19 bits per heavy atom. The van der Waals surface area contributed by atoms with Gasteiger partial charge in [-0.05, 0) is 37.2 Å². The summed E-state index contributed by atoms with van der Waals surface area (Å²) in [6.45, 7) is 2.32. The summed E-state index contributed by atoms with van der Waals surface area (Å²) in [6, 6.07) is 3.04. The number of halogens is 2. The summed E-state index contributed by atoms with van der Waals surface area (Å²) in [5.74, 6) is -2.44. The molecule has 168 valence electrons. The predicted molar refractivity (Wildman–Crippen MR) is 110 cm³/mol. The van der Waals surface area contributed by atoms with Crippen LogP contribution in [0.5, 0.6) is 5.75 Å². The molecule has 32 heavy (non-hydrogen) atoms. The fourth-order valence-corrected chi connectivity index (χ4v) is 5.58. The molecule has 1 unspecified atom stereocenters. The van der Waals surface area contributed by atoms with E-state index < -0.39 is 28.7 Å². The Morgan fingerprint density at radius 2 is 1.94 bits per heavy atom. The van der Waals surface area contributed by atoms with Crippen LogP contribution in [0.1, 0.15) is 52.6 Å². The van der Waals surface area contributed by atoms with Gasteiger partial charge in [0.1, 0.15) is 17.2 Å². The highest BCUT2D eigenvalue weighted by Crippen LogP contribution is 2.45. The number of benzene rings is 1. The molecule has 2 bridgehead atoms. The van der Waals surface area contributed by atoms with Crippen LogP contribution in [-0.4, -0.2) is 38.5 Å². The molecule has 5 rings (SSSR count). The number of piperidine rings is 1. The molecule has 4 atom stereocenters. The molecule has 9 heteroatoms. The van der Waals surface area contributed by atoms with Crippen molar-refractivity contribution in [1.29, 1.82) is 0 Å².